The first-order chi connectivity index (χ1) is 10.2. The predicted octanol–water partition coefficient (Wildman–Crippen LogP) is 2.44. The molecule has 1 aromatic carbocycles. The maximum Gasteiger partial charge on any atom is 0.0613 e. The van der Waals surface area contributed by atoms with Gasteiger partial charge in [-0.05, 0) is 51.3 Å². The Kier molecular flexibility index (Phi) is 6.22. The van der Waals surface area contributed by atoms with Crippen LogP contribution in [-0.2, 0) is 6.42 Å². The Balaban J connectivity index is 1.88. The fourth-order valence-electron chi connectivity index (χ4n) is 3.58. The SMILES string of the molecule is CCNC1(CO)CCCC(N(C)CCc2ccccc2)C1. The fourth-order valence-corrected chi connectivity index (χ4v) is 3.58. The molecular weight excluding hydrogens is 260 g/mol. The van der Waals surface area contributed by atoms with Crippen molar-refractivity contribution >= 4 is 0 Å². The van der Waals surface area contributed by atoms with Gasteiger partial charge in [-0.25, -0.2) is 0 Å². The molecule has 0 heterocycles. The minimum atomic E-state index is -0.0569. The van der Waals surface area contributed by atoms with Crippen molar-refractivity contribution in [2.45, 2.75) is 50.6 Å². The summed E-state index contributed by atoms with van der Waals surface area (Å²) in [7, 11) is 2.23. The Morgan fingerprint density at radius 1 is 1.33 bits per heavy atom. The summed E-state index contributed by atoms with van der Waals surface area (Å²) in [4.78, 5) is 2.48. The van der Waals surface area contributed by atoms with Crippen molar-refractivity contribution in [2.75, 3.05) is 26.7 Å². The molecule has 2 unspecified atom stereocenters. The van der Waals surface area contributed by atoms with E-state index in [0.29, 0.717) is 6.04 Å². The maximum atomic E-state index is 9.80. The van der Waals surface area contributed by atoms with Gasteiger partial charge >= 0.3 is 0 Å². The van der Waals surface area contributed by atoms with Crippen molar-refractivity contribution in [1.29, 1.82) is 0 Å². The maximum absolute atomic E-state index is 9.80. The minimum Gasteiger partial charge on any atom is -0.394 e. The molecule has 0 aromatic heterocycles. The number of rotatable bonds is 7. The second-order valence-electron chi connectivity index (χ2n) is 6.44. The zero-order chi connectivity index (χ0) is 15.1. The van der Waals surface area contributed by atoms with Crippen molar-refractivity contribution < 1.29 is 5.11 Å². The highest BCUT2D eigenvalue weighted by Crippen LogP contribution is 2.30. The molecule has 0 saturated heterocycles. The van der Waals surface area contributed by atoms with E-state index in [0.717, 1.165) is 32.4 Å². The standard InChI is InChI=1S/C18H30N2O/c1-3-19-18(15-21)12-7-10-17(14-18)20(2)13-11-16-8-5-4-6-9-16/h4-6,8-9,17,19,21H,3,7,10-15H2,1-2H3. The Morgan fingerprint density at radius 3 is 2.76 bits per heavy atom. The summed E-state index contributed by atoms with van der Waals surface area (Å²) in [6.45, 7) is 4.40. The Labute approximate surface area is 129 Å². The molecule has 21 heavy (non-hydrogen) atoms. The minimum absolute atomic E-state index is 0.0569. The summed E-state index contributed by atoms with van der Waals surface area (Å²) in [6, 6.07) is 11.3. The second-order valence-corrected chi connectivity index (χ2v) is 6.44. The predicted molar refractivity (Wildman–Crippen MR) is 88.5 cm³/mol. The molecule has 1 saturated carbocycles. The summed E-state index contributed by atoms with van der Waals surface area (Å²) in [5, 5.41) is 13.3. The second kappa shape index (κ2) is 7.92. The molecule has 0 spiro atoms. The van der Waals surface area contributed by atoms with Gasteiger partial charge in [0.2, 0.25) is 0 Å². The van der Waals surface area contributed by atoms with Crippen LogP contribution in [0.25, 0.3) is 0 Å². The van der Waals surface area contributed by atoms with Crippen LogP contribution in [0, 0.1) is 0 Å². The van der Waals surface area contributed by atoms with Crippen molar-refractivity contribution in [2.24, 2.45) is 0 Å². The third-order valence-electron chi connectivity index (χ3n) is 4.89. The lowest BCUT2D eigenvalue weighted by atomic mass is 9.79. The fraction of sp³-hybridized carbons (Fsp3) is 0.667. The van der Waals surface area contributed by atoms with Gasteiger partial charge in [-0.1, -0.05) is 37.3 Å². The summed E-state index contributed by atoms with van der Waals surface area (Å²) in [6.07, 6.45) is 5.70. The molecule has 2 atom stereocenters. The van der Waals surface area contributed by atoms with Crippen LogP contribution in [0.15, 0.2) is 30.3 Å². The van der Waals surface area contributed by atoms with Crippen LogP contribution < -0.4 is 5.32 Å². The summed E-state index contributed by atoms with van der Waals surface area (Å²) < 4.78 is 0. The van der Waals surface area contributed by atoms with E-state index in [1.54, 1.807) is 0 Å². The molecule has 2 N–H and O–H groups in total. The van der Waals surface area contributed by atoms with Crippen LogP contribution in [0.2, 0.25) is 0 Å². The van der Waals surface area contributed by atoms with E-state index in [1.165, 1.54) is 18.4 Å². The van der Waals surface area contributed by atoms with Gasteiger partial charge in [0.05, 0.1) is 6.61 Å². The average Bonchev–Trinajstić information content (AvgIpc) is 2.54. The summed E-state index contributed by atoms with van der Waals surface area (Å²) >= 11 is 0. The van der Waals surface area contributed by atoms with Gasteiger partial charge in [-0.3, -0.25) is 0 Å². The molecule has 118 valence electrons. The van der Waals surface area contributed by atoms with Crippen LogP contribution in [0.1, 0.15) is 38.2 Å². The van der Waals surface area contributed by atoms with Gasteiger partial charge in [0.1, 0.15) is 0 Å². The number of hydrogen-bond acceptors (Lipinski definition) is 3. The Morgan fingerprint density at radius 2 is 2.10 bits per heavy atom. The molecule has 0 radical (unpaired) electrons. The Bertz CT molecular complexity index is 405. The number of benzene rings is 1. The lowest BCUT2D eigenvalue weighted by Gasteiger charge is -2.43. The van der Waals surface area contributed by atoms with Crippen LogP contribution in [0.4, 0.5) is 0 Å². The molecular formula is C18H30N2O. The highest BCUT2D eigenvalue weighted by Gasteiger charge is 2.36. The number of likely N-dealkylation sites (N-methyl/N-ethyl adjacent to an activating group) is 2. The molecule has 0 aliphatic heterocycles. The topological polar surface area (TPSA) is 35.5 Å². The van der Waals surface area contributed by atoms with Crippen LogP contribution in [-0.4, -0.2) is 48.3 Å². The van der Waals surface area contributed by atoms with Gasteiger partial charge in [0.25, 0.3) is 0 Å². The normalized spacial score (nSPS) is 26.2. The Hall–Kier alpha value is -0.900. The zero-order valence-electron chi connectivity index (χ0n) is 13.5. The molecule has 1 aliphatic carbocycles. The molecule has 2 rings (SSSR count). The van der Waals surface area contributed by atoms with E-state index in [4.69, 9.17) is 0 Å². The third-order valence-corrected chi connectivity index (χ3v) is 4.89. The average molecular weight is 290 g/mol. The third kappa shape index (κ3) is 4.53. The van der Waals surface area contributed by atoms with E-state index in [1.807, 2.05) is 0 Å². The number of hydrogen-bond donors (Lipinski definition) is 2. The first-order valence-corrected chi connectivity index (χ1v) is 8.29. The van der Waals surface area contributed by atoms with Crippen LogP contribution in [0.5, 0.6) is 0 Å². The largest absolute Gasteiger partial charge is 0.394 e. The number of aliphatic hydroxyl groups excluding tert-OH is 1. The molecule has 1 fully saturated rings. The van der Waals surface area contributed by atoms with E-state index in [9.17, 15) is 5.11 Å². The summed E-state index contributed by atoms with van der Waals surface area (Å²) in [5.41, 5.74) is 1.35. The highest BCUT2D eigenvalue weighted by molar-refractivity contribution is 5.14. The molecule has 0 bridgehead atoms. The quantitative estimate of drug-likeness (QED) is 0.809. The van der Waals surface area contributed by atoms with Crippen molar-refractivity contribution in [1.82, 2.24) is 10.2 Å². The molecule has 3 nitrogen and oxygen atoms in total. The summed E-state index contributed by atoms with van der Waals surface area (Å²) in [5.74, 6) is 0. The van der Waals surface area contributed by atoms with E-state index >= 15 is 0 Å². The number of aliphatic hydroxyl groups is 1. The lowest BCUT2D eigenvalue weighted by Crippen LogP contribution is -2.55. The first-order valence-electron chi connectivity index (χ1n) is 8.29. The van der Waals surface area contributed by atoms with Crippen LogP contribution >= 0.6 is 0 Å². The van der Waals surface area contributed by atoms with E-state index in [2.05, 4.69) is 54.5 Å². The highest BCUT2D eigenvalue weighted by atomic mass is 16.3. The van der Waals surface area contributed by atoms with Gasteiger partial charge in [-0.15, -0.1) is 0 Å². The first kappa shape index (κ1) is 16.5. The number of nitrogens with zero attached hydrogens (tertiary/aromatic N) is 1. The van der Waals surface area contributed by atoms with E-state index < -0.39 is 0 Å². The number of nitrogens with one attached hydrogen (secondary N) is 1. The molecule has 3 heteroatoms. The van der Waals surface area contributed by atoms with Crippen LogP contribution in [0.3, 0.4) is 0 Å². The van der Waals surface area contributed by atoms with Crippen molar-refractivity contribution in [3.05, 3.63) is 35.9 Å². The monoisotopic (exact) mass is 290 g/mol. The molecule has 0 amide bonds. The lowest BCUT2D eigenvalue weighted by molar-refractivity contribution is 0.0712. The van der Waals surface area contributed by atoms with Gasteiger partial charge in [0.15, 0.2) is 0 Å². The van der Waals surface area contributed by atoms with Gasteiger partial charge < -0.3 is 15.3 Å². The smallest absolute Gasteiger partial charge is 0.0613 e. The van der Waals surface area contributed by atoms with Crippen molar-refractivity contribution in [3.8, 4) is 0 Å². The van der Waals surface area contributed by atoms with Gasteiger partial charge in [-0.2, -0.15) is 0 Å². The molecule has 1 aliphatic rings. The van der Waals surface area contributed by atoms with Crippen molar-refractivity contribution in [3.63, 3.8) is 0 Å². The zero-order valence-corrected chi connectivity index (χ0v) is 13.5. The molecule has 1 aromatic rings. The van der Waals surface area contributed by atoms with E-state index in [-0.39, 0.29) is 12.1 Å². The van der Waals surface area contributed by atoms with Gasteiger partial charge in [0, 0.05) is 18.1 Å².